The van der Waals surface area contributed by atoms with Crippen LogP contribution in [0, 0.1) is 5.41 Å². The molecule has 0 unspecified atom stereocenters. The number of hydrogen-bond acceptors (Lipinski definition) is 3. The fourth-order valence-corrected chi connectivity index (χ4v) is 1.42. The number of allylic oxidation sites excluding steroid dienone is 3. The van der Waals surface area contributed by atoms with Crippen molar-refractivity contribution in [2.75, 3.05) is 0 Å². The van der Waals surface area contributed by atoms with Gasteiger partial charge >= 0.3 is 5.97 Å². The fraction of sp³-hybridized carbons (Fsp3) is 0.643. The maximum absolute atomic E-state index is 11.8. The highest BCUT2D eigenvalue weighted by atomic mass is 16.8. The molecule has 1 rings (SSSR count). The molecule has 17 heavy (non-hydrogen) atoms. The third kappa shape index (κ3) is 3.43. The van der Waals surface area contributed by atoms with Gasteiger partial charge in [0.05, 0.1) is 0 Å². The minimum atomic E-state index is -0.962. The Kier molecular flexibility index (Phi) is 4.15. The van der Waals surface area contributed by atoms with Gasteiger partial charge in [0.25, 0.3) is 0 Å². The first kappa shape index (κ1) is 14.0. The van der Waals surface area contributed by atoms with Crippen LogP contribution < -0.4 is 0 Å². The Balaban J connectivity index is 2.75. The zero-order chi connectivity index (χ0) is 13.1. The van der Waals surface area contributed by atoms with Crippen LogP contribution in [0.5, 0.6) is 0 Å². The van der Waals surface area contributed by atoms with Crippen molar-refractivity contribution in [3.8, 4) is 0 Å². The molecule has 0 aromatic rings. The van der Waals surface area contributed by atoms with Gasteiger partial charge in [-0.15, -0.1) is 0 Å². The summed E-state index contributed by atoms with van der Waals surface area (Å²) >= 11 is 0. The highest BCUT2D eigenvalue weighted by Gasteiger charge is 2.48. The molecular weight excluding hydrogens is 216 g/mol. The lowest BCUT2D eigenvalue weighted by Gasteiger charge is -2.25. The fourth-order valence-electron chi connectivity index (χ4n) is 1.42. The van der Waals surface area contributed by atoms with E-state index in [4.69, 9.17) is 9.47 Å². The largest absolute Gasteiger partial charge is 0.433 e. The molecule has 1 fully saturated rings. The number of hydrogen-bond donors (Lipinski definition) is 0. The number of ether oxygens (including phenoxy) is 2. The highest BCUT2D eigenvalue weighted by Crippen LogP contribution is 2.35. The third-order valence-electron chi connectivity index (χ3n) is 2.58. The normalized spacial score (nSPS) is 30.4. The van der Waals surface area contributed by atoms with E-state index in [9.17, 15) is 4.79 Å². The smallest absolute Gasteiger partial charge is 0.344 e. The van der Waals surface area contributed by atoms with Crippen LogP contribution in [0.2, 0.25) is 0 Å². The SMILES string of the molecule is CC/C=C/C=C/[C@@]1(C)O[C@H](C(C)(C)C)OC1=O. The lowest BCUT2D eigenvalue weighted by Crippen LogP contribution is -2.32. The van der Waals surface area contributed by atoms with Gasteiger partial charge in [0.15, 0.2) is 5.60 Å². The third-order valence-corrected chi connectivity index (χ3v) is 2.58. The molecule has 1 aliphatic heterocycles. The van der Waals surface area contributed by atoms with Gasteiger partial charge in [-0.3, -0.25) is 0 Å². The van der Waals surface area contributed by atoms with Crippen LogP contribution in [0.25, 0.3) is 0 Å². The van der Waals surface area contributed by atoms with E-state index in [1.165, 1.54) is 0 Å². The Morgan fingerprint density at radius 1 is 1.35 bits per heavy atom. The standard InChI is InChI=1S/C14H22O3/c1-6-7-8-9-10-14(5)11(15)16-12(17-14)13(2,3)4/h7-10,12H,6H2,1-5H3/b8-7+,10-9+/t12-,14-/m1/s1. The van der Waals surface area contributed by atoms with Crippen LogP contribution in [0.1, 0.15) is 41.0 Å². The Labute approximate surface area is 103 Å². The topological polar surface area (TPSA) is 35.5 Å². The summed E-state index contributed by atoms with van der Waals surface area (Å²) in [5, 5.41) is 0. The zero-order valence-corrected chi connectivity index (χ0v) is 11.3. The van der Waals surface area contributed by atoms with Crippen molar-refractivity contribution in [1.29, 1.82) is 0 Å². The van der Waals surface area contributed by atoms with Crippen LogP contribution in [-0.4, -0.2) is 17.9 Å². The minimum absolute atomic E-state index is 0.208. The van der Waals surface area contributed by atoms with Crippen molar-refractivity contribution in [3.05, 3.63) is 24.3 Å². The summed E-state index contributed by atoms with van der Waals surface area (Å²) in [5.41, 5.74) is -1.17. The van der Waals surface area contributed by atoms with Crippen LogP contribution in [0.4, 0.5) is 0 Å². The highest BCUT2D eigenvalue weighted by molar-refractivity contribution is 5.83. The Hall–Kier alpha value is -1.09. The number of esters is 1. The number of cyclic esters (lactones) is 1. The van der Waals surface area contributed by atoms with E-state index in [1.807, 2.05) is 39.0 Å². The van der Waals surface area contributed by atoms with Crippen molar-refractivity contribution < 1.29 is 14.3 Å². The molecule has 0 saturated carbocycles. The predicted molar refractivity (Wildman–Crippen MR) is 67.4 cm³/mol. The molecular formula is C14H22O3. The molecule has 3 nitrogen and oxygen atoms in total. The molecule has 0 spiro atoms. The van der Waals surface area contributed by atoms with Gasteiger partial charge < -0.3 is 9.47 Å². The Morgan fingerprint density at radius 2 is 2.00 bits per heavy atom. The molecule has 2 atom stereocenters. The lowest BCUT2D eigenvalue weighted by atomic mass is 9.96. The summed E-state index contributed by atoms with van der Waals surface area (Å²) in [5.74, 6) is -0.321. The second kappa shape index (κ2) is 5.05. The van der Waals surface area contributed by atoms with Gasteiger partial charge in [-0.25, -0.2) is 4.79 Å². The summed E-state index contributed by atoms with van der Waals surface area (Å²) < 4.78 is 11.0. The molecule has 96 valence electrons. The number of carbonyl (C=O) groups excluding carboxylic acids is 1. The molecule has 0 aromatic carbocycles. The van der Waals surface area contributed by atoms with Crippen molar-refractivity contribution in [2.24, 2.45) is 5.41 Å². The average Bonchev–Trinajstić information content (AvgIpc) is 2.51. The lowest BCUT2D eigenvalue weighted by molar-refractivity contribution is -0.154. The average molecular weight is 238 g/mol. The number of carbonyl (C=O) groups is 1. The monoisotopic (exact) mass is 238 g/mol. The quantitative estimate of drug-likeness (QED) is 0.559. The second-order valence-corrected chi connectivity index (χ2v) is 5.52. The van der Waals surface area contributed by atoms with E-state index in [2.05, 4.69) is 6.92 Å². The molecule has 1 saturated heterocycles. The zero-order valence-electron chi connectivity index (χ0n) is 11.3. The van der Waals surface area contributed by atoms with Crippen molar-refractivity contribution >= 4 is 5.97 Å². The molecule has 0 radical (unpaired) electrons. The summed E-state index contributed by atoms with van der Waals surface area (Å²) in [6.45, 7) is 9.74. The summed E-state index contributed by atoms with van der Waals surface area (Å²) in [4.78, 5) is 11.8. The molecule has 0 bridgehead atoms. The van der Waals surface area contributed by atoms with Gasteiger partial charge in [-0.1, -0.05) is 45.9 Å². The van der Waals surface area contributed by atoms with Gasteiger partial charge in [-0.2, -0.15) is 0 Å². The Morgan fingerprint density at radius 3 is 2.47 bits per heavy atom. The summed E-state index contributed by atoms with van der Waals surface area (Å²) in [6.07, 6.45) is 7.98. The van der Waals surface area contributed by atoms with Crippen molar-refractivity contribution in [1.82, 2.24) is 0 Å². The van der Waals surface area contributed by atoms with Gasteiger partial charge in [0, 0.05) is 5.41 Å². The van der Waals surface area contributed by atoms with E-state index >= 15 is 0 Å². The van der Waals surface area contributed by atoms with Crippen LogP contribution in [0.15, 0.2) is 24.3 Å². The van der Waals surface area contributed by atoms with Crippen LogP contribution in [0.3, 0.4) is 0 Å². The molecule has 0 amide bonds. The summed E-state index contributed by atoms with van der Waals surface area (Å²) in [6, 6.07) is 0. The minimum Gasteiger partial charge on any atom is -0.433 e. The molecule has 0 N–H and O–H groups in total. The van der Waals surface area contributed by atoms with Gasteiger partial charge in [-0.05, 0) is 19.4 Å². The van der Waals surface area contributed by atoms with Crippen molar-refractivity contribution in [2.45, 2.75) is 52.9 Å². The second-order valence-electron chi connectivity index (χ2n) is 5.52. The van der Waals surface area contributed by atoms with Crippen LogP contribution >= 0.6 is 0 Å². The summed E-state index contributed by atoms with van der Waals surface area (Å²) in [7, 11) is 0. The first-order chi connectivity index (χ1) is 7.79. The number of rotatable bonds is 3. The first-order valence-electron chi connectivity index (χ1n) is 6.03. The van der Waals surface area contributed by atoms with Crippen LogP contribution in [-0.2, 0) is 14.3 Å². The molecule has 1 aliphatic rings. The Bertz CT molecular complexity index is 336. The maximum atomic E-state index is 11.8. The van der Waals surface area contributed by atoms with E-state index in [1.54, 1.807) is 13.0 Å². The van der Waals surface area contributed by atoms with E-state index in [0.717, 1.165) is 6.42 Å². The molecule has 0 aromatic heterocycles. The molecule has 0 aliphatic carbocycles. The van der Waals surface area contributed by atoms with Crippen molar-refractivity contribution in [3.63, 3.8) is 0 Å². The van der Waals surface area contributed by atoms with E-state index in [-0.39, 0.29) is 11.4 Å². The maximum Gasteiger partial charge on any atom is 0.344 e. The first-order valence-corrected chi connectivity index (χ1v) is 6.03. The van der Waals surface area contributed by atoms with Gasteiger partial charge in [0.2, 0.25) is 6.29 Å². The molecule has 1 heterocycles. The van der Waals surface area contributed by atoms with E-state index < -0.39 is 11.9 Å². The predicted octanol–water partition coefficient (Wildman–Crippen LogP) is 3.21. The van der Waals surface area contributed by atoms with Gasteiger partial charge in [0.1, 0.15) is 0 Å². The van der Waals surface area contributed by atoms with E-state index in [0.29, 0.717) is 0 Å². The molecule has 3 heteroatoms.